The van der Waals surface area contributed by atoms with Gasteiger partial charge in [-0.2, -0.15) is 0 Å². The molecule has 0 saturated heterocycles. The topological polar surface area (TPSA) is 57.0 Å². The van der Waals surface area contributed by atoms with Gasteiger partial charge in [0.15, 0.2) is 5.58 Å². The Bertz CT molecular complexity index is 3900. The third-order valence-electron chi connectivity index (χ3n) is 12.5. The molecule has 4 aromatic heterocycles. The molecule has 5 heteroatoms. The van der Waals surface area contributed by atoms with Crippen molar-refractivity contribution in [3.8, 4) is 61.5 Å². The highest BCUT2D eigenvalue weighted by atomic mass is 16.3. The van der Waals surface area contributed by atoms with Crippen molar-refractivity contribution in [2.45, 2.75) is 0 Å². The van der Waals surface area contributed by atoms with Gasteiger partial charge in [0.05, 0.1) is 11.0 Å². The van der Waals surface area contributed by atoms with Crippen LogP contribution in [-0.4, -0.2) is 14.5 Å². The van der Waals surface area contributed by atoms with Crippen molar-refractivity contribution in [1.82, 2.24) is 14.5 Å². The Morgan fingerprint density at radius 3 is 1.70 bits per heavy atom. The van der Waals surface area contributed by atoms with Crippen LogP contribution in [0.15, 0.2) is 221 Å². The lowest BCUT2D eigenvalue weighted by molar-refractivity contribution is 0.667. The van der Waals surface area contributed by atoms with E-state index in [4.69, 9.17) is 18.8 Å². The van der Waals surface area contributed by atoms with Crippen LogP contribution in [0.2, 0.25) is 0 Å². The van der Waals surface area contributed by atoms with Crippen LogP contribution in [0.1, 0.15) is 0 Å². The van der Waals surface area contributed by atoms with Gasteiger partial charge in [0.25, 0.3) is 0 Å². The molecule has 9 aromatic carbocycles. The second kappa shape index (κ2) is 14.0. The first-order valence-electron chi connectivity index (χ1n) is 21.2. The first kappa shape index (κ1) is 35.2. The average molecular weight is 806 g/mol. The van der Waals surface area contributed by atoms with Gasteiger partial charge in [-0.1, -0.05) is 140 Å². The zero-order valence-corrected chi connectivity index (χ0v) is 33.9. The zero-order valence-electron chi connectivity index (χ0n) is 33.9. The fourth-order valence-corrected chi connectivity index (χ4v) is 9.52. The minimum atomic E-state index is 0.648. The van der Waals surface area contributed by atoms with Gasteiger partial charge >= 0.3 is 0 Å². The van der Waals surface area contributed by atoms with Gasteiger partial charge in [-0.15, -0.1) is 0 Å². The molecule has 0 spiro atoms. The minimum absolute atomic E-state index is 0.648. The van der Waals surface area contributed by atoms with Gasteiger partial charge < -0.3 is 13.4 Å². The Morgan fingerprint density at radius 2 is 0.905 bits per heavy atom. The lowest BCUT2D eigenvalue weighted by atomic mass is 9.96. The summed E-state index contributed by atoms with van der Waals surface area (Å²) in [6.45, 7) is 0. The van der Waals surface area contributed by atoms with E-state index >= 15 is 0 Å². The first-order valence-corrected chi connectivity index (χ1v) is 21.2. The Balaban J connectivity index is 0.894. The summed E-state index contributed by atoms with van der Waals surface area (Å²) in [5, 5.41) is 5.39. The van der Waals surface area contributed by atoms with Crippen LogP contribution in [-0.2, 0) is 0 Å². The normalized spacial score (nSPS) is 11.8. The number of hydrogen-bond donors (Lipinski definition) is 0. The number of fused-ring (bicyclic) bond motifs is 9. The van der Waals surface area contributed by atoms with Gasteiger partial charge in [0.1, 0.15) is 34.3 Å². The predicted octanol–water partition coefficient (Wildman–Crippen LogP) is 15.7. The lowest BCUT2D eigenvalue weighted by Gasteiger charge is -2.08. The molecule has 0 saturated carbocycles. The summed E-state index contributed by atoms with van der Waals surface area (Å²) in [4.78, 5) is 9.69. The van der Waals surface area contributed by atoms with E-state index in [1.165, 1.54) is 38.5 Å². The lowest BCUT2D eigenvalue weighted by Crippen LogP contribution is -1.92. The molecule has 13 rings (SSSR count). The maximum atomic E-state index is 6.65. The molecule has 0 N–H and O–H groups in total. The molecule has 294 valence electrons. The SMILES string of the molecule is c1ccc(-c2ccc(-c3cccc(-c4ccc5oc6c(-c7cccc8oc9ccc(-c%10ccc%11c(c%10)c%10ccccc%10n%11-c%10ccccc%10)cc9c78)ncnc6c5c4)c3)cc2)cc1. The van der Waals surface area contributed by atoms with Gasteiger partial charge in [0.2, 0.25) is 0 Å². The van der Waals surface area contributed by atoms with E-state index < -0.39 is 0 Å². The molecule has 0 radical (unpaired) electrons. The van der Waals surface area contributed by atoms with Gasteiger partial charge in [0, 0.05) is 38.2 Å². The van der Waals surface area contributed by atoms with Gasteiger partial charge in [-0.25, -0.2) is 9.97 Å². The molecule has 0 bridgehead atoms. The maximum absolute atomic E-state index is 6.65. The molecular formula is C58H35N3O2. The van der Waals surface area contributed by atoms with Crippen LogP contribution < -0.4 is 0 Å². The Morgan fingerprint density at radius 1 is 0.349 bits per heavy atom. The molecule has 4 heterocycles. The van der Waals surface area contributed by atoms with Crippen molar-refractivity contribution < 1.29 is 8.83 Å². The molecule has 0 amide bonds. The molecule has 63 heavy (non-hydrogen) atoms. The van der Waals surface area contributed by atoms with Crippen LogP contribution in [0.25, 0.3) is 127 Å². The monoisotopic (exact) mass is 805 g/mol. The molecule has 5 nitrogen and oxygen atoms in total. The smallest absolute Gasteiger partial charge is 0.180 e. The Kier molecular flexibility index (Phi) is 7.84. The zero-order chi connectivity index (χ0) is 41.4. The summed E-state index contributed by atoms with van der Waals surface area (Å²) in [7, 11) is 0. The summed E-state index contributed by atoms with van der Waals surface area (Å²) in [5.41, 5.74) is 18.2. The minimum Gasteiger partial charge on any atom is -0.456 e. The highest BCUT2D eigenvalue weighted by Crippen LogP contribution is 2.43. The van der Waals surface area contributed by atoms with E-state index in [0.717, 1.165) is 83.2 Å². The molecule has 13 aromatic rings. The Hall–Kier alpha value is -8.54. The van der Waals surface area contributed by atoms with E-state index in [2.05, 4.69) is 187 Å². The number of nitrogens with zero attached hydrogens (tertiary/aromatic N) is 3. The van der Waals surface area contributed by atoms with E-state index in [0.29, 0.717) is 5.58 Å². The van der Waals surface area contributed by atoms with Crippen molar-refractivity contribution in [1.29, 1.82) is 0 Å². The van der Waals surface area contributed by atoms with Crippen LogP contribution in [0.4, 0.5) is 0 Å². The largest absolute Gasteiger partial charge is 0.456 e. The average Bonchev–Trinajstić information content (AvgIpc) is 4.03. The van der Waals surface area contributed by atoms with Crippen LogP contribution >= 0.6 is 0 Å². The molecule has 0 fully saturated rings. The number of aromatic nitrogens is 3. The summed E-state index contributed by atoms with van der Waals surface area (Å²) >= 11 is 0. The Labute approximate surface area is 361 Å². The maximum Gasteiger partial charge on any atom is 0.180 e. The fraction of sp³-hybridized carbons (Fsp3) is 0. The van der Waals surface area contributed by atoms with Gasteiger partial charge in [-0.3, -0.25) is 0 Å². The molecule has 0 aliphatic carbocycles. The van der Waals surface area contributed by atoms with E-state index in [9.17, 15) is 0 Å². The molecule has 0 atom stereocenters. The predicted molar refractivity (Wildman–Crippen MR) is 258 cm³/mol. The second-order valence-corrected chi connectivity index (χ2v) is 16.1. The van der Waals surface area contributed by atoms with Crippen molar-refractivity contribution >= 4 is 65.8 Å². The van der Waals surface area contributed by atoms with E-state index in [1.807, 2.05) is 24.3 Å². The molecule has 0 unspecified atom stereocenters. The quantitative estimate of drug-likeness (QED) is 0.168. The highest BCUT2D eigenvalue weighted by Gasteiger charge is 2.21. The van der Waals surface area contributed by atoms with Gasteiger partial charge in [-0.05, 0) is 111 Å². The van der Waals surface area contributed by atoms with Crippen molar-refractivity contribution in [2.75, 3.05) is 0 Å². The molecular weight excluding hydrogens is 771 g/mol. The van der Waals surface area contributed by atoms with Crippen molar-refractivity contribution in [3.63, 3.8) is 0 Å². The summed E-state index contributed by atoms with van der Waals surface area (Å²) in [6, 6.07) is 72.9. The summed E-state index contributed by atoms with van der Waals surface area (Å²) in [6.07, 6.45) is 1.65. The standard InChI is InChI=1S/C58H35N3O2/c1-3-11-36(12-4-1)37-21-23-38(24-22-37)39-13-9-14-40(31-39)43-27-30-53-49(34-43)57-58(63-53)56(59-35-60-57)46-18-10-20-54-55(46)48-33-42(26-29-52(48)62-54)41-25-28-51-47(32-41)45-17-7-8-19-50(45)61(51)44-15-5-2-6-16-44/h1-35H. The highest BCUT2D eigenvalue weighted by molar-refractivity contribution is 6.17. The first-order chi connectivity index (χ1) is 31.2. The number of para-hydroxylation sites is 2. The number of benzene rings is 9. The van der Waals surface area contributed by atoms with E-state index in [1.54, 1.807) is 6.33 Å². The summed E-state index contributed by atoms with van der Waals surface area (Å²) in [5.74, 6) is 0. The second-order valence-electron chi connectivity index (χ2n) is 16.1. The number of hydrogen-bond acceptors (Lipinski definition) is 4. The number of furan rings is 2. The summed E-state index contributed by atoms with van der Waals surface area (Å²) < 4.78 is 15.5. The fourth-order valence-electron chi connectivity index (χ4n) is 9.52. The third kappa shape index (κ3) is 5.71. The molecule has 0 aliphatic rings. The van der Waals surface area contributed by atoms with E-state index in [-0.39, 0.29) is 0 Å². The molecule has 0 aliphatic heterocycles. The van der Waals surface area contributed by atoms with Crippen LogP contribution in [0.3, 0.4) is 0 Å². The third-order valence-corrected chi connectivity index (χ3v) is 12.5. The van der Waals surface area contributed by atoms with Crippen molar-refractivity contribution in [3.05, 3.63) is 213 Å². The van der Waals surface area contributed by atoms with Crippen molar-refractivity contribution in [2.24, 2.45) is 0 Å². The van der Waals surface area contributed by atoms with Crippen LogP contribution in [0.5, 0.6) is 0 Å². The number of rotatable bonds is 6. The van der Waals surface area contributed by atoms with Crippen LogP contribution in [0, 0.1) is 0 Å².